The number of hydrogen-bond donors (Lipinski definition) is 0. The van der Waals surface area contributed by atoms with Gasteiger partial charge in [-0.25, -0.2) is 0 Å². The Bertz CT molecular complexity index is 777. The monoisotopic (exact) mass is 439 g/mol. The highest BCUT2D eigenvalue weighted by molar-refractivity contribution is 9.09. The molecule has 3 heteroatoms. The van der Waals surface area contributed by atoms with Crippen LogP contribution in [0.15, 0.2) is 91.0 Å². The van der Waals surface area contributed by atoms with Gasteiger partial charge in [0.05, 0.1) is 10.4 Å². The molecule has 0 spiro atoms. The SMILES string of the molecule is BrC(c1ccccc1)(c1ccccc1)C(c1ccccc1)N1CCCC1.P. The van der Waals surface area contributed by atoms with Crippen LogP contribution >= 0.6 is 25.8 Å². The van der Waals surface area contributed by atoms with Crippen LogP contribution in [0, 0.1) is 0 Å². The summed E-state index contributed by atoms with van der Waals surface area (Å²) in [5.41, 5.74) is 3.96. The molecule has 4 rings (SSSR count). The van der Waals surface area contributed by atoms with E-state index in [0.717, 1.165) is 13.1 Å². The molecule has 0 radical (unpaired) electrons. The minimum atomic E-state index is -0.290. The van der Waals surface area contributed by atoms with Crippen LogP contribution in [0.3, 0.4) is 0 Å². The van der Waals surface area contributed by atoms with Crippen molar-refractivity contribution < 1.29 is 0 Å². The summed E-state index contributed by atoms with van der Waals surface area (Å²) in [6.07, 6.45) is 2.55. The van der Waals surface area contributed by atoms with Crippen molar-refractivity contribution >= 4 is 25.8 Å². The summed E-state index contributed by atoms with van der Waals surface area (Å²) < 4.78 is -0.290. The van der Waals surface area contributed by atoms with Crippen molar-refractivity contribution in [1.29, 1.82) is 0 Å². The summed E-state index contributed by atoms with van der Waals surface area (Å²) in [7, 11) is 0. The zero-order valence-corrected chi connectivity index (χ0v) is 18.6. The van der Waals surface area contributed by atoms with Crippen molar-refractivity contribution in [2.45, 2.75) is 23.2 Å². The first-order chi connectivity index (χ1) is 12.8. The van der Waals surface area contributed by atoms with Gasteiger partial charge in [0.2, 0.25) is 0 Å². The first-order valence-corrected chi connectivity index (χ1v) is 10.2. The van der Waals surface area contributed by atoms with Gasteiger partial charge in [0, 0.05) is 0 Å². The summed E-state index contributed by atoms with van der Waals surface area (Å²) in [5, 5.41) is 0. The molecule has 3 aromatic carbocycles. The van der Waals surface area contributed by atoms with Crippen LogP contribution in [0.5, 0.6) is 0 Å². The molecule has 0 amide bonds. The van der Waals surface area contributed by atoms with Crippen molar-refractivity contribution in [1.82, 2.24) is 4.90 Å². The third-order valence-electron chi connectivity index (χ3n) is 5.39. The second kappa shape index (κ2) is 9.15. The summed E-state index contributed by atoms with van der Waals surface area (Å²) >= 11 is 4.27. The van der Waals surface area contributed by atoms with E-state index in [4.69, 9.17) is 0 Å². The number of likely N-dealkylation sites (tertiary alicyclic amines) is 1. The van der Waals surface area contributed by atoms with Gasteiger partial charge >= 0.3 is 0 Å². The second-order valence-electron chi connectivity index (χ2n) is 7.00. The van der Waals surface area contributed by atoms with Crippen LogP contribution in [0.4, 0.5) is 0 Å². The molecular weight excluding hydrogens is 413 g/mol. The first kappa shape index (κ1) is 20.3. The predicted molar refractivity (Wildman–Crippen MR) is 124 cm³/mol. The topological polar surface area (TPSA) is 3.24 Å². The molecule has 140 valence electrons. The molecule has 1 heterocycles. The van der Waals surface area contributed by atoms with Gasteiger partial charge in [-0.3, -0.25) is 4.90 Å². The fourth-order valence-electron chi connectivity index (χ4n) is 4.17. The van der Waals surface area contributed by atoms with Crippen LogP contribution in [0.1, 0.15) is 35.6 Å². The molecule has 0 bridgehead atoms. The predicted octanol–water partition coefficient (Wildman–Crippen LogP) is 6.22. The third-order valence-corrected chi connectivity index (χ3v) is 6.74. The average Bonchev–Trinajstić information content (AvgIpc) is 3.24. The molecule has 1 aliphatic heterocycles. The fourth-order valence-corrected chi connectivity index (χ4v) is 5.25. The minimum absolute atomic E-state index is 0. The van der Waals surface area contributed by atoms with Gasteiger partial charge in [0.1, 0.15) is 0 Å². The first-order valence-electron chi connectivity index (χ1n) is 9.39. The Morgan fingerprint density at radius 3 is 1.52 bits per heavy atom. The lowest BCUT2D eigenvalue weighted by molar-refractivity contribution is 0.214. The smallest absolute Gasteiger partial charge is 0.0951 e. The molecule has 1 saturated heterocycles. The fraction of sp³-hybridized carbons (Fsp3) is 0.250. The summed E-state index contributed by atoms with van der Waals surface area (Å²) in [6, 6.07) is 32.9. The van der Waals surface area contributed by atoms with Crippen LogP contribution in [-0.4, -0.2) is 18.0 Å². The molecule has 0 aliphatic carbocycles. The Hall–Kier alpha value is -1.47. The third kappa shape index (κ3) is 4.04. The Labute approximate surface area is 174 Å². The minimum Gasteiger partial charge on any atom is -0.294 e. The highest BCUT2D eigenvalue weighted by Gasteiger charge is 2.44. The highest BCUT2D eigenvalue weighted by Crippen LogP contribution is 2.51. The van der Waals surface area contributed by atoms with Gasteiger partial charge < -0.3 is 0 Å². The average molecular weight is 440 g/mol. The normalized spacial score (nSPS) is 15.9. The molecule has 0 saturated carbocycles. The lowest BCUT2D eigenvalue weighted by Gasteiger charge is -2.42. The maximum absolute atomic E-state index is 4.27. The van der Waals surface area contributed by atoms with Crippen LogP contribution in [0.25, 0.3) is 0 Å². The number of alkyl halides is 1. The van der Waals surface area contributed by atoms with E-state index in [1.54, 1.807) is 0 Å². The zero-order valence-electron chi connectivity index (χ0n) is 15.6. The molecule has 1 fully saturated rings. The molecule has 0 aromatic heterocycles. The zero-order chi connectivity index (χ0) is 17.8. The van der Waals surface area contributed by atoms with E-state index < -0.39 is 0 Å². The Morgan fingerprint density at radius 1 is 0.667 bits per heavy atom. The van der Waals surface area contributed by atoms with Gasteiger partial charge in [-0.1, -0.05) is 107 Å². The van der Waals surface area contributed by atoms with Gasteiger partial charge in [-0.2, -0.15) is 9.90 Å². The maximum atomic E-state index is 4.27. The van der Waals surface area contributed by atoms with Gasteiger partial charge in [0.25, 0.3) is 0 Å². The molecule has 27 heavy (non-hydrogen) atoms. The van der Waals surface area contributed by atoms with Crippen molar-refractivity contribution in [3.05, 3.63) is 108 Å². The quantitative estimate of drug-likeness (QED) is 0.336. The van der Waals surface area contributed by atoms with Crippen LogP contribution in [-0.2, 0) is 4.32 Å². The number of hydrogen-bond acceptors (Lipinski definition) is 1. The summed E-state index contributed by atoms with van der Waals surface area (Å²) in [4.78, 5) is 2.64. The van der Waals surface area contributed by atoms with Crippen LogP contribution in [0.2, 0.25) is 0 Å². The number of halogens is 1. The standard InChI is InChI=1S/C24H24BrN.H3P/c25-24(21-14-6-2-7-15-21,22-16-8-3-9-17-22)23(26-18-10-11-19-26)20-12-4-1-5-13-20;/h1-9,12-17,23H,10-11,18-19H2;1H3. The summed E-state index contributed by atoms with van der Waals surface area (Å²) in [6.45, 7) is 2.29. The lowest BCUT2D eigenvalue weighted by Crippen LogP contribution is -2.40. The molecule has 1 aliphatic rings. The maximum Gasteiger partial charge on any atom is 0.0951 e. The van der Waals surface area contributed by atoms with E-state index in [0.29, 0.717) is 0 Å². The molecule has 1 nitrogen and oxygen atoms in total. The van der Waals surface area contributed by atoms with E-state index in [9.17, 15) is 0 Å². The molecule has 2 atom stereocenters. The highest BCUT2D eigenvalue weighted by atomic mass is 79.9. The second-order valence-corrected chi connectivity index (χ2v) is 8.25. The molecule has 3 aromatic rings. The van der Waals surface area contributed by atoms with Crippen molar-refractivity contribution in [3.63, 3.8) is 0 Å². The van der Waals surface area contributed by atoms with E-state index in [-0.39, 0.29) is 20.3 Å². The van der Waals surface area contributed by atoms with Crippen LogP contribution < -0.4 is 0 Å². The van der Waals surface area contributed by atoms with E-state index >= 15 is 0 Å². The molecular formula is C24H27BrNP. The summed E-state index contributed by atoms with van der Waals surface area (Å²) in [5.74, 6) is 0. The number of rotatable bonds is 5. The van der Waals surface area contributed by atoms with Gasteiger partial charge in [-0.05, 0) is 42.6 Å². The van der Waals surface area contributed by atoms with E-state index in [1.165, 1.54) is 29.5 Å². The Balaban J connectivity index is 0.00000210. The number of benzene rings is 3. The van der Waals surface area contributed by atoms with Crippen molar-refractivity contribution in [2.24, 2.45) is 0 Å². The van der Waals surface area contributed by atoms with E-state index in [2.05, 4.69) is 112 Å². The van der Waals surface area contributed by atoms with Crippen molar-refractivity contribution in [2.75, 3.05) is 13.1 Å². The Kier molecular flexibility index (Phi) is 6.87. The molecule has 2 unspecified atom stereocenters. The van der Waals surface area contributed by atoms with E-state index in [1.807, 2.05) is 0 Å². The number of nitrogens with zero attached hydrogens (tertiary/aromatic N) is 1. The molecule has 0 N–H and O–H groups in total. The van der Waals surface area contributed by atoms with Crippen molar-refractivity contribution in [3.8, 4) is 0 Å². The largest absolute Gasteiger partial charge is 0.294 e. The Morgan fingerprint density at radius 2 is 1.07 bits per heavy atom. The lowest BCUT2D eigenvalue weighted by atomic mass is 9.80. The van der Waals surface area contributed by atoms with Gasteiger partial charge in [-0.15, -0.1) is 0 Å². The van der Waals surface area contributed by atoms with Gasteiger partial charge in [0.15, 0.2) is 0 Å².